The number of benzene rings is 1. The quantitative estimate of drug-likeness (QED) is 0.772. The van der Waals surface area contributed by atoms with Gasteiger partial charge in [-0.3, -0.25) is 4.90 Å². The minimum atomic E-state index is -0.502. The Morgan fingerprint density at radius 1 is 1.16 bits per heavy atom. The normalized spacial score (nSPS) is 16.8. The maximum absolute atomic E-state index is 10.2. The number of halogens is 2. The molecule has 1 aliphatic heterocycles. The highest BCUT2D eigenvalue weighted by molar-refractivity contribution is 5.85. The van der Waals surface area contributed by atoms with Gasteiger partial charge in [0.25, 0.3) is 0 Å². The second-order valence-electron chi connectivity index (χ2n) is 5.98. The highest BCUT2D eigenvalue weighted by Gasteiger charge is 2.17. The van der Waals surface area contributed by atoms with E-state index >= 15 is 0 Å². The SMILES string of the molecule is CC=Cc1ccc(OCC(O)CN2CCN(C)CC2)c(OC)c1.Cl.Cl. The van der Waals surface area contributed by atoms with Gasteiger partial charge in [-0.1, -0.05) is 18.2 Å². The van der Waals surface area contributed by atoms with Gasteiger partial charge in [-0.2, -0.15) is 0 Å². The molecule has 2 rings (SSSR count). The molecule has 0 saturated carbocycles. The molecule has 1 aliphatic rings. The van der Waals surface area contributed by atoms with Crippen LogP contribution in [0.15, 0.2) is 24.3 Å². The Morgan fingerprint density at radius 2 is 1.84 bits per heavy atom. The topological polar surface area (TPSA) is 45.2 Å². The molecule has 1 N–H and O–H groups in total. The van der Waals surface area contributed by atoms with Crippen LogP contribution in [0.1, 0.15) is 12.5 Å². The van der Waals surface area contributed by atoms with Gasteiger partial charge in [-0.05, 0) is 31.7 Å². The number of β-amino-alcohol motifs (C(OH)–C–C–N with tert-alkyl or cyclic N) is 1. The Hall–Kier alpha value is -0.980. The fourth-order valence-electron chi connectivity index (χ4n) is 2.67. The van der Waals surface area contributed by atoms with Gasteiger partial charge >= 0.3 is 0 Å². The highest BCUT2D eigenvalue weighted by atomic mass is 35.5. The van der Waals surface area contributed by atoms with Crippen LogP contribution in [0.4, 0.5) is 0 Å². The number of aliphatic hydroxyl groups excluding tert-OH is 1. The fourth-order valence-corrected chi connectivity index (χ4v) is 2.67. The lowest BCUT2D eigenvalue weighted by molar-refractivity contribution is 0.0498. The van der Waals surface area contributed by atoms with Gasteiger partial charge in [0.15, 0.2) is 11.5 Å². The molecule has 1 fully saturated rings. The van der Waals surface area contributed by atoms with E-state index in [0.29, 0.717) is 18.0 Å². The van der Waals surface area contributed by atoms with E-state index in [1.54, 1.807) is 7.11 Å². The first-order chi connectivity index (χ1) is 11.1. The smallest absolute Gasteiger partial charge is 0.161 e. The van der Waals surface area contributed by atoms with Crippen molar-refractivity contribution in [3.63, 3.8) is 0 Å². The molecule has 1 saturated heterocycles. The van der Waals surface area contributed by atoms with Gasteiger partial charge < -0.3 is 19.5 Å². The molecule has 0 bridgehead atoms. The van der Waals surface area contributed by atoms with Crippen molar-refractivity contribution in [1.29, 1.82) is 0 Å². The van der Waals surface area contributed by atoms with Crippen LogP contribution in [0.5, 0.6) is 11.5 Å². The van der Waals surface area contributed by atoms with Crippen LogP contribution in [0, 0.1) is 0 Å². The standard InChI is InChI=1S/C18H28N2O3.2ClH/c1-4-5-15-6-7-17(18(12-15)22-3)23-14-16(21)13-20-10-8-19(2)9-11-20;;/h4-7,12,16,21H,8-11,13-14H2,1-3H3;2*1H. The number of hydrogen-bond acceptors (Lipinski definition) is 5. The maximum Gasteiger partial charge on any atom is 0.161 e. The molecule has 1 aromatic rings. The monoisotopic (exact) mass is 392 g/mol. The van der Waals surface area contributed by atoms with E-state index in [2.05, 4.69) is 16.8 Å². The van der Waals surface area contributed by atoms with Crippen molar-refractivity contribution in [2.24, 2.45) is 0 Å². The zero-order valence-electron chi connectivity index (χ0n) is 15.2. The van der Waals surface area contributed by atoms with Crippen LogP contribution < -0.4 is 9.47 Å². The summed E-state index contributed by atoms with van der Waals surface area (Å²) in [5.74, 6) is 1.35. The van der Waals surface area contributed by atoms with Crippen LogP contribution in [-0.2, 0) is 0 Å². The van der Waals surface area contributed by atoms with Crippen molar-refractivity contribution < 1.29 is 14.6 Å². The number of aliphatic hydroxyl groups is 1. The van der Waals surface area contributed by atoms with Crippen molar-refractivity contribution in [3.8, 4) is 11.5 Å². The van der Waals surface area contributed by atoms with Gasteiger partial charge in [0, 0.05) is 32.7 Å². The number of ether oxygens (including phenoxy) is 2. The molecule has 144 valence electrons. The van der Waals surface area contributed by atoms with Crippen molar-refractivity contribution >= 4 is 30.9 Å². The lowest BCUT2D eigenvalue weighted by Crippen LogP contribution is -2.47. The summed E-state index contributed by atoms with van der Waals surface area (Å²) >= 11 is 0. The molecule has 1 atom stereocenters. The minimum Gasteiger partial charge on any atom is -0.493 e. The first-order valence-electron chi connectivity index (χ1n) is 8.15. The number of hydrogen-bond donors (Lipinski definition) is 1. The van der Waals surface area contributed by atoms with Crippen LogP contribution in [0.3, 0.4) is 0 Å². The van der Waals surface area contributed by atoms with E-state index in [4.69, 9.17) is 9.47 Å². The van der Waals surface area contributed by atoms with Gasteiger partial charge in [0.1, 0.15) is 12.7 Å². The van der Waals surface area contributed by atoms with Crippen LogP contribution >= 0.6 is 24.8 Å². The molecule has 5 nitrogen and oxygen atoms in total. The van der Waals surface area contributed by atoms with E-state index in [9.17, 15) is 5.11 Å². The molecule has 1 unspecified atom stereocenters. The van der Waals surface area contributed by atoms with Crippen molar-refractivity contribution in [3.05, 3.63) is 29.8 Å². The Morgan fingerprint density at radius 3 is 2.44 bits per heavy atom. The maximum atomic E-state index is 10.2. The number of rotatable bonds is 7. The Balaban J connectivity index is 0.00000288. The summed E-state index contributed by atoms with van der Waals surface area (Å²) in [4.78, 5) is 4.58. The molecule has 0 aliphatic carbocycles. The largest absolute Gasteiger partial charge is 0.493 e. The third kappa shape index (κ3) is 7.84. The van der Waals surface area contributed by atoms with Crippen LogP contribution in [0.25, 0.3) is 6.08 Å². The zero-order valence-corrected chi connectivity index (χ0v) is 16.8. The number of piperazine rings is 1. The first-order valence-corrected chi connectivity index (χ1v) is 8.15. The molecule has 0 radical (unpaired) electrons. The van der Waals surface area contributed by atoms with Gasteiger partial charge in [0.05, 0.1) is 7.11 Å². The Kier molecular flexibility index (Phi) is 11.9. The van der Waals surface area contributed by atoms with Gasteiger partial charge in [-0.25, -0.2) is 0 Å². The fraction of sp³-hybridized carbons (Fsp3) is 0.556. The van der Waals surface area contributed by atoms with Crippen molar-refractivity contribution in [2.75, 3.05) is 53.5 Å². The summed E-state index contributed by atoms with van der Waals surface area (Å²) in [6.45, 7) is 6.98. The summed E-state index contributed by atoms with van der Waals surface area (Å²) in [5.41, 5.74) is 1.06. The summed E-state index contributed by atoms with van der Waals surface area (Å²) in [6, 6.07) is 5.80. The van der Waals surface area contributed by atoms with E-state index in [1.807, 2.05) is 37.3 Å². The lowest BCUT2D eigenvalue weighted by Gasteiger charge is -2.33. The predicted octanol–water partition coefficient (Wildman–Crippen LogP) is 2.56. The van der Waals surface area contributed by atoms with E-state index in [0.717, 1.165) is 31.7 Å². The summed E-state index contributed by atoms with van der Waals surface area (Å²) < 4.78 is 11.1. The average molecular weight is 393 g/mol. The molecule has 0 spiro atoms. The molecule has 0 aromatic heterocycles. The van der Waals surface area contributed by atoms with Crippen molar-refractivity contribution in [1.82, 2.24) is 9.80 Å². The average Bonchev–Trinajstić information content (AvgIpc) is 2.56. The third-order valence-corrected chi connectivity index (χ3v) is 4.04. The summed E-state index contributed by atoms with van der Waals surface area (Å²) in [5, 5.41) is 10.2. The van der Waals surface area contributed by atoms with Crippen molar-refractivity contribution in [2.45, 2.75) is 13.0 Å². The molecule has 0 amide bonds. The van der Waals surface area contributed by atoms with E-state index < -0.39 is 6.10 Å². The summed E-state index contributed by atoms with van der Waals surface area (Å²) in [7, 11) is 3.75. The third-order valence-electron chi connectivity index (χ3n) is 4.04. The molecule has 1 heterocycles. The minimum absolute atomic E-state index is 0. The first kappa shape index (κ1) is 24.0. The number of allylic oxidation sites excluding steroid dienone is 1. The molecule has 25 heavy (non-hydrogen) atoms. The Labute approximate surface area is 163 Å². The van der Waals surface area contributed by atoms with E-state index in [-0.39, 0.29) is 31.4 Å². The van der Waals surface area contributed by atoms with Crippen LogP contribution in [0.2, 0.25) is 0 Å². The lowest BCUT2D eigenvalue weighted by atomic mass is 10.2. The van der Waals surface area contributed by atoms with Crippen LogP contribution in [-0.4, -0.2) is 74.5 Å². The molecular formula is C18H30Cl2N2O3. The summed E-state index contributed by atoms with van der Waals surface area (Å²) in [6.07, 6.45) is 3.49. The molecule has 1 aromatic carbocycles. The van der Waals surface area contributed by atoms with Gasteiger partial charge in [0.2, 0.25) is 0 Å². The predicted molar refractivity (Wildman–Crippen MR) is 108 cm³/mol. The van der Waals surface area contributed by atoms with Gasteiger partial charge in [-0.15, -0.1) is 24.8 Å². The zero-order chi connectivity index (χ0) is 16.7. The second kappa shape index (κ2) is 12.4. The number of likely N-dealkylation sites (N-methyl/N-ethyl adjacent to an activating group) is 1. The molecular weight excluding hydrogens is 363 g/mol. The number of nitrogens with zero attached hydrogens (tertiary/aromatic N) is 2. The highest BCUT2D eigenvalue weighted by Crippen LogP contribution is 2.28. The van der Waals surface area contributed by atoms with E-state index in [1.165, 1.54) is 0 Å². The second-order valence-corrected chi connectivity index (χ2v) is 5.98. The number of methoxy groups -OCH3 is 1. The molecule has 7 heteroatoms. The Bertz CT molecular complexity index is 521.